The van der Waals surface area contributed by atoms with Crippen LogP contribution >= 0.6 is 11.8 Å². The highest BCUT2D eigenvalue weighted by atomic mass is 32.2. The highest BCUT2D eigenvalue weighted by molar-refractivity contribution is 7.99. The molecule has 0 aliphatic rings. The van der Waals surface area contributed by atoms with E-state index in [0.29, 0.717) is 17.2 Å². The second-order valence-electron chi connectivity index (χ2n) is 4.99. The number of benzene rings is 2. The standard InChI is InChI=1S/C18H21NO3S/c1-13(23-12-14-7-5-4-6-8-14)18(20)19-16-11-15(21-2)9-10-17(16)22-3/h4-11,13H,12H2,1-3H3,(H,19,20). The zero-order valence-electron chi connectivity index (χ0n) is 13.5. The Morgan fingerprint density at radius 1 is 1.13 bits per heavy atom. The van der Waals surface area contributed by atoms with E-state index >= 15 is 0 Å². The fraction of sp³-hybridized carbons (Fsp3) is 0.278. The Bertz CT molecular complexity index is 646. The molecule has 0 saturated heterocycles. The van der Waals surface area contributed by atoms with Crippen LogP contribution in [-0.2, 0) is 10.5 Å². The molecule has 0 heterocycles. The van der Waals surface area contributed by atoms with E-state index < -0.39 is 0 Å². The fourth-order valence-electron chi connectivity index (χ4n) is 2.02. The molecule has 0 aliphatic carbocycles. The fourth-order valence-corrected chi connectivity index (χ4v) is 2.86. The summed E-state index contributed by atoms with van der Waals surface area (Å²) < 4.78 is 10.5. The summed E-state index contributed by atoms with van der Waals surface area (Å²) in [5, 5.41) is 2.73. The molecule has 1 unspecified atom stereocenters. The van der Waals surface area contributed by atoms with Crippen molar-refractivity contribution in [1.82, 2.24) is 0 Å². The number of anilines is 1. The Hall–Kier alpha value is -2.14. The van der Waals surface area contributed by atoms with Gasteiger partial charge in [0.25, 0.3) is 0 Å². The largest absolute Gasteiger partial charge is 0.497 e. The number of hydrogen-bond donors (Lipinski definition) is 1. The minimum atomic E-state index is -0.175. The van der Waals surface area contributed by atoms with Crippen molar-refractivity contribution < 1.29 is 14.3 Å². The average Bonchev–Trinajstić information content (AvgIpc) is 2.60. The number of hydrogen-bond acceptors (Lipinski definition) is 4. The topological polar surface area (TPSA) is 47.6 Å². The van der Waals surface area contributed by atoms with E-state index in [0.717, 1.165) is 5.75 Å². The van der Waals surface area contributed by atoms with Crippen molar-refractivity contribution in [1.29, 1.82) is 0 Å². The molecular formula is C18H21NO3S. The quantitative estimate of drug-likeness (QED) is 0.834. The van der Waals surface area contributed by atoms with Crippen molar-refractivity contribution >= 4 is 23.4 Å². The van der Waals surface area contributed by atoms with E-state index in [-0.39, 0.29) is 11.2 Å². The highest BCUT2D eigenvalue weighted by Crippen LogP contribution is 2.29. The van der Waals surface area contributed by atoms with Gasteiger partial charge in [-0.25, -0.2) is 0 Å². The summed E-state index contributed by atoms with van der Waals surface area (Å²) in [5.41, 5.74) is 1.82. The third kappa shape index (κ3) is 4.93. The van der Waals surface area contributed by atoms with Crippen molar-refractivity contribution in [2.24, 2.45) is 0 Å². The number of ether oxygens (including phenoxy) is 2. The first-order chi connectivity index (χ1) is 11.1. The molecule has 23 heavy (non-hydrogen) atoms. The highest BCUT2D eigenvalue weighted by Gasteiger charge is 2.16. The van der Waals surface area contributed by atoms with Crippen molar-refractivity contribution in [2.75, 3.05) is 19.5 Å². The number of amides is 1. The Morgan fingerprint density at radius 3 is 2.52 bits per heavy atom. The molecule has 1 amide bonds. The maximum Gasteiger partial charge on any atom is 0.237 e. The van der Waals surface area contributed by atoms with Gasteiger partial charge in [0.2, 0.25) is 5.91 Å². The number of nitrogens with one attached hydrogen (secondary N) is 1. The molecular weight excluding hydrogens is 310 g/mol. The summed E-state index contributed by atoms with van der Waals surface area (Å²) in [4.78, 5) is 12.4. The predicted octanol–water partition coefficient (Wildman–Crippen LogP) is 3.96. The summed E-state index contributed by atoms with van der Waals surface area (Å²) in [7, 11) is 3.16. The number of methoxy groups -OCH3 is 2. The zero-order chi connectivity index (χ0) is 16.7. The van der Waals surface area contributed by atoms with E-state index in [2.05, 4.69) is 17.4 Å². The maximum absolute atomic E-state index is 12.4. The van der Waals surface area contributed by atoms with Crippen LogP contribution in [0.3, 0.4) is 0 Å². The van der Waals surface area contributed by atoms with Gasteiger partial charge in [0.1, 0.15) is 11.5 Å². The van der Waals surface area contributed by atoms with Gasteiger partial charge in [-0.15, -0.1) is 11.8 Å². The Balaban J connectivity index is 1.98. The number of carbonyl (C=O) groups excluding carboxylic acids is 1. The van der Waals surface area contributed by atoms with Crippen molar-refractivity contribution in [2.45, 2.75) is 17.9 Å². The lowest BCUT2D eigenvalue weighted by molar-refractivity contribution is -0.115. The minimum Gasteiger partial charge on any atom is -0.497 e. The monoisotopic (exact) mass is 331 g/mol. The van der Waals surface area contributed by atoms with E-state index in [1.54, 1.807) is 44.2 Å². The van der Waals surface area contributed by atoms with Gasteiger partial charge >= 0.3 is 0 Å². The van der Waals surface area contributed by atoms with Crippen LogP contribution < -0.4 is 14.8 Å². The van der Waals surface area contributed by atoms with Gasteiger partial charge in [-0.1, -0.05) is 30.3 Å². The van der Waals surface area contributed by atoms with Gasteiger partial charge < -0.3 is 14.8 Å². The Kier molecular flexibility index (Phi) is 6.35. The van der Waals surface area contributed by atoms with Crippen LogP contribution in [0.5, 0.6) is 11.5 Å². The number of thioether (sulfide) groups is 1. The molecule has 0 spiro atoms. The Morgan fingerprint density at radius 2 is 1.87 bits per heavy atom. The molecule has 5 heteroatoms. The number of carbonyl (C=O) groups is 1. The van der Waals surface area contributed by atoms with Gasteiger partial charge in [0.15, 0.2) is 0 Å². The first kappa shape index (κ1) is 17.2. The molecule has 0 aromatic heterocycles. The van der Waals surface area contributed by atoms with E-state index in [1.807, 2.05) is 25.1 Å². The second-order valence-corrected chi connectivity index (χ2v) is 6.32. The summed E-state index contributed by atoms with van der Waals surface area (Å²) in [5.74, 6) is 2.02. The van der Waals surface area contributed by atoms with Crippen LogP contribution in [-0.4, -0.2) is 25.4 Å². The van der Waals surface area contributed by atoms with Crippen LogP contribution in [0.25, 0.3) is 0 Å². The molecule has 0 fully saturated rings. The van der Waals surface area contributed by atoms with Crippen molar-refractivity contribution in [3.05, 3.63) is 54.1 Å². The third-order valence-electron chi connectivity index (χ3n) is 3.38. The number of rotatable bonds is 7. The van der Waals surface area contributed by atoms with E-state index in [1.165, 1.54) is 5.56 Å². The molecule has 4 nitrogen and oxygen atoms in total. The lowest BCUT2D eigenvalue weighted by atomic mass is 10.2. The van der Waals surface area contributed by atoms with Crippen molar-refractivity contribution in [3.63, 3.8) is 0 Å². The van der Waals surface area contributed by atoms with Gasteiger partial charge in [0, 0.05) is 11.8 Å². The predicted molar refractivity (Wildman–Crippen MR) is 95.4 cm³/mol. The van der Waals surface area contributed by atoms with Crippen molar-refractivity contribution in [3.8, 4) is 11.5 Å². The summed E-state index contributed by atoms with van der Waals surface area (Å²) in [6, 6.07) is 15.4. The lowest BCUT2D eigenvalue weighted by Crippen LogP contribution is -2.22. The Labute approximate surface area is 141 Å². The van der Waals surface area contributed by atoms with Crippen LogP contribution in [0.4, 0.5) is 5.69 Å². The van der Waals surface area contributed by atoms with Gasteiger partial charge in [-0.05, 0) is 24.6 Å². The summed E-state index contributed by atoms with van der Waals surface area (Å²) in [6.07, 6.45) is 0. The third-order valence-corrected chi connectivity index (χ3v) is 4.59. The smallest absolute Gasteiger partial charge is 0.237 e. The van der Waals surface area contributed by atoms with Crippen LogP contribution in [0, 0.1) is 0 Å². The molecule has 0 saturated carbocycles. The van der Waals surface area contributed by atoms with E-state index in [9.17, 15) is 4.79 Å². The summed E-state index contributed by atoms with van der Waals surface area (Å²) >= 11 is 1.60. The molecule has 0 bridgehead atoms. The maximum atomic E-state index is 12.4. The molecule has 2 rings (SSSR count). The van der Waals surface area contributed by atoms with Crippen LogP contribution in [0.2, 0.25) is 0 Å². The van der Waals surface area contributed by atoms with Gasteiger partial charge in [-0.2, -0.15) is 0 Å². The molecule has 122 valence electrons. The molecule has 0 aliphatic heterocycles. The van der Waals surface area contributed by atoms with Gasteiger partial charge in [0.05, 0.1) is 25.2 Å². The molecule has 1 N–H and O–H groups in total. The molecule has 1 atom stereocenters. The first-order valence-corrected chi connectivity index (χ1v) is 8.37. The molecule has 2 aromatic carbocycles. The van der Waals surface area contributed by atoms with Crippen LogP contribution in [0.1, 0.15) is 12.5 Å². The lowest BCUT2D eigenvalue weighted by Gasteiger charge is -2.15. The molecule has 0 radical (unpaired) electrons. The van der Waals surface area contributed by atoms with Gasteiger partial charge in [-0.3, -0.25) is 4.79 Å². The van der Waals surface area contributed by atoms with E-state index in [4.69, 9.17) is 9.47 Å². The molecule has 2 aromatic rings. The first-order valence-electron chi connectivity index (χ1n) is 7.32. The zero-order valence-corrected chi connectivity index (χ0v) is 14.4. The minimum absolute atomic E-state index is 0.0579. The average molecular weight is 331 g/mol. The SMILES string of the molecule is COc1ccc(OC)c(NC(=O)C(C)SCc2ccccc2)c1. The normalized spacial score (nSPS) is 11.6. The second kappa shape index (κ2) is 8.48. The van der Waals surface area contributed by atoms with Crippen LogP contribution in [0.15, 0.2) is 48.5 Å². The summed E-state index contributed by atoms with van der Waals surface area (Å²) in [6.45, 7) is 1.90.